The molecule has 3 aliphatic rings. The van der Waals surface area contributed by atoms with Crippen LogP contribution in [0, 0.1) is 0 Å². The van der Waals surface area contributed by atoms with Crippen LogP contribution >= 0.6 is 0 Å². The van der Waals surface area contributed by atoms with E-state index in [0.717, 1.165) is 109 Å². The van der Waals surface area contributed by atoms with Gasteiger partial charge >= 0.3 is 0 Å². The lowest BCUT2D eigenvalue weighted by Crippen LogP contribution is -2.66. The monoisotopic (exact) mass is 1360 g/mol. The molecule has 96 heavy (non-hydrogen) atoms. The highest BCUT2D eigenvalue weighted by Crippen LogP contribution is 2.33. The standard InChI is InChI=1S/C77H131NO18/c1-3-5-7-9-11-13-15-17-19-21-22-23-24-25-26-27-28-29-30-31-32-33-34-35-36-37-38-39-41-43-45-47-49-51-53-55-65(83)78-60(61(82)54-52-50-48-46-44-42-40-20-18-16-14-12-10-8-6-4-2)59-91-75-71(89)68(86)73(63(57-80)93-75)96-77-72(90)69(87)74(64(58-81)94-77)95-76-70(88)67(85)66(84)62(56-79)92-76/h5,7,11,13,17,19,22-23,25-26,28-29,31-32,34-35,52,54,60-64,66-77,79-82,84-90H,3-4,6,8-10,12,14-16,18,20-21,24,27,30,33,36-51,53,55-59H2,1-2H3,(H,78,83)/b7-5-,13-11-,19-17-,23-22-,26-25-,29-28-,32-31-,35-34-,54-52+. The molecule has 3 saturated heterocycles. The first-order valence-corrected chi connectivity index (χ1v) is 37.1. The molecule has 0 saturated carbocycles. The molecular weight excluding hydrogens is 1230 g/mol. The van der Waals surface area contributed by atoms with E-state index in [1.54, 1.807) is 6.08 Å². The van der Waals surface area contributed by atoms with Crippen LogP contribution in [0.15, 0.2) is 109 Å². The molecule has 12 N–H and O–H groups in total. The number of unbranched alkanes of at least 4 members (excludes halogenated alkanes) is 24. The summed E-state index contributed by atoms with van der Waals surface area (Å²) in [5.41, 5.74) is 0. The van der Waals surface area contributed by atoms with Crippen LogP contribution in [0.25, 0.3) is 0 Å². The summed E-state index contributed by atoms with van der Waals surface area (Å²) in [5, 5.41) is 121. The van der Waals surface area contributed by atoms with E-state index in [9.17, 15) is 61.0 Å². The molecule has 1 amide bonds. The van der Waals surface area contributed by atoms with Crippen molar-refractivity contribution >= 4 is 5.91 Å². The van der Waals surface area contributed by atoms with Crippen LogP contribution in [-0.2, 0) is 33.2 Å². The van der Waals surface area contributed by atoms with Gasteiger partial charge in [0.1, 0.15) is 73.2 Å². The lowest BCUT2D eigenvalue weighted by molar-refractivity contribution is -0.379. The number of carbonyl (C=O) groups excluding carboxylic acids is 1. The Labute approximate surface area is 576 Å². The van der Waals surface area contributed by atoms with Gasteiger partial charge < -0.3 is 89.9 Å². The second-order valence-electron chi connectivity index (χ2n) is 26.0. The van der Waals surface area contributed by atoms with Gasteiger partial charge in [0.2, 0.25) is 5.91 Å². The average Bonchev–Trinajstić information content (AvgIpc) is 0.798. The number of rotatable bonds is 56. The zero-order valence-electron chi connectivity index (χ0n) is 58.6. The third kappa shape index (κ3) is 37.8. The van der Waals surface area contributed by atoms with E-state index in [1.807, 2.05) is 6.08 Å². The van der Waals surface area contributed by atoms with E-state index in [0.29, 0.717) is 6.42 Å². The van der Waals surface area contributed by atoms with Crippen molar-refractivity contribution < 1.29 is 89.4 Å². The highest BCUT2D eigenvalue weighted by Gasteiger charge is 2.53. The predicted octanol–water partition coefficient (Wildman–Crippen LogP) is 11.0. The van der Waals surface area contributed by atoms with Crippen LogP contribution in [0.1, 0.15) is 239 Å². The Morgan fingerprint density at radius 3 is 1.12 bits per heavy atom. The summed E-state index contributed by atoms with van der Waals surface area (Å²) in [6.07, 6.45) is 50.6. The molecule has 17 atom stereocenters. The van der Waals surface area contributed by atoms with Gasteiger partial charge in [-0.15, -0.1) is 0 Å². The first kappa shape index (κ1) is 86.7. The van der Waals surface area contributed by atoms with Crippen LogP contribution in [0.5, 0.6) is 0 Å². The fraction of sp³-hybridized carbons (Fsp3) is 0.753. The predicted molar refractivity (Wildman–Crippen MR) is 378 cm³/mol. The quantitative estimate of drug-likeness (QED) is 0.0199. The molecule has 17 unspecified atom stereocenters. The summed E-state index contributed by atoms with van der Waals surface area (Å²) in [4.78, 5) is 13.4. The number of hydrogen-bond acceptors (Lipinski definition) is 18. The van der Waals surface area contributed by atoms with Crippen LogP contribution in [0.4, 0.5) is 0 Å². The molecule has 0 aromatic heterocycles. The summed E-state index contributed by atoms with van der Waals surface area (Å²) in [6, 6.07) is -0.983. The van der Waals surface area contributed by atoms with Gasteiger partial charge in [-0.3, -0.25) is 4.79 Å². The van der Waals surface area contributed by atoms with Crippen LogP contribution in [0.2, 0.25) is 0 Å². The van der Waals surface area contributed by atoms with Gasteiger partial charge in [0, 0.05) is 6.42 Å². The second kappa shape index (κ2) is 57.1. The lowest BCUT2D eigenvalue weighted by atomic mass is 9.96. The maximum absolute atomic E-state index is 13.4. The third-order valence-corrected chi connectivity index (χ3v) is 17.8. The van der Waals surface area contributed by atoms with Crippen molar-refractivity contribution in [1.82, 2.24) is 5.32 Å². The zero-order valence-corrected chi connectivity index (χ0v) is 58.6. The molecule has 3 fully saturated rings. The van der Waals surface area contributed by atoms with E-state index >= 15 is 0 Å². The first-order valence-electron chi connectivity index (χ1n) is 37.1. The minimum atomic E-state index is -1.98. The van der Waals surface area contributed by atoms with Crippen molar-refractivity contribution in [3.8, 4) is 0 Å². The Balaban J connectivity index is 1.37. The Morgan fingerprint density at radius 1 is 0.385 bits per heavy atom. The molecule has 0 aromatic carbocycles. The number of allylic oxidation sites excluding steroid dienone is 17. The van der Waals surface area contributed by atoms with Crippen molar-refractivity contribution in [2.45, 2.75) is 343 Å². The summed E-state index contributed by atoms with van der Waals surface area (Å²) < 4.78 is 34.4. The fourth-order valence-electron chi connectivity index (χ4n) is 11.9. The Kier molecular flexibility index (Phi) is 51.6. The fourth-order valence-corrected chi connectivity index (χ4v) is 11.9. The van der Waals surface area contributed by atoms with Gasteiger partial charge in [-0.2, -0.15) is 0 Å². The number of ether oxygens (including phenoxy) is 6. The normalized spacial score (nSPS) is 27.7. The average molecular weight is 1360 g/mol. The number of aliphatic hydroxyl groups excluding tert-OH is 11. The molecule has 0 aliphatic carbocycles. The number of carbonyl (C=O) groups is 1. The maximum atomic E-state index is 13.4. The van der Waals surface area contributed by atoms with Gasteiger partial charge in [-0.05, 0) is 83.5 Å². The molecule has 0 bridgehead atoms. The van der Waals surface area contributed by atoms with Gasteiger partial charge in [0.25, 0.3) is 0 Å². The molecule has 0 aromatic rings. The smallest absolute Gasteiger partial charge is 0.220 e. The second-order valence-corrected chi connectivity index (χ2v) is 26.0. The molecule has 3 aliphatic heterocycles. The summed E-state index contributed by atoms with van der Waals surface area (Å²) in [5.74, 6) is -0.284. The van der Waals surface area contributed by atoms with Crippen molar-refractivity contribution in [3.05, 3.63) is 109 Å². The Morgan fingerprint density at radius 2 is 0.719 bits per heavy atom. The van der Waals surface area contributed by atoms with Crippen molar-refractivity contribution in [1.29, 1.82) is 0 Å². The topological polar surface area (TPSA) is 307 Å². The van der Waals surface area contributed by atoms with Crippen molar-refractivity contribution in [3.63, 3.8) is 0 Å². The van der Waals surface area contributed by atoms with Crippen molar-refractivity contribution in [2.24, 2.45) is 0 Å². The molecule has 3 heterocycles. The molecular formula is C77H131NO18. The number of amides is 1. The van der Waals surface area contributed by atoms with Gasteiger partial charge in [0.15, 0.2) is 18.9 Å². The molecule has 0 spiro atoms. The van der Waals surface area contributed by atoms with E-state index in [1.165, 1.54) is 103 Å². The van der Waals surface area contributed by atoms with Gasteiger partial charge in [-0.1, -0.05) is 258 Å². The lowest BCUT2D eigenvalue weighted by Gasteiger charge is -2.48. The molecule has 19 heteroatoms. The van der Waals surface area contributed by atoms with Crippen molar-refractivity contribution in [2.75, 3.05) is 26.4 Å². The Hall–Kier alpha value is -3.55. The summed E-state index contributed by atoms with van der Waals surface area (Å²) in [7, 11) is 0. The van der Waals surface area contributed by atoms with Crippen LogP contribution in [-0.4, -0.2) is 193 Å². The zero-order chi connectivity index (χ0) is 69.6. The highest BCUT2D eigenvalue weighted by molar-refractivity contribution is 5.76. The summed E-state index contributed by atoms with van der Waals surface area (Å²) >= 11 is 0. The van der Waals surface area contributed by atoms with Gasteiger partial charge in [0.05, 0.1) is 38.6 Å². The molecule has 0 radical (unpaired) electrons. The SMILES string of the molecule is CC/C=C\C/C=C\C/C=C\C/C=C\C/C=C\C/C=C\C/C=C\C/C=C\CCCCCCCCCCCCC(=O)NC(COC1OC(CO)C(OC2OC(CO)C(OC3OC(CO)C(O)C(O)C3O)C(O)C2O)C(O)C1O)C(O)/C=C/CCCCCCCCCCCCCCCC. The molecule has 19 nitrogen and oxygen atoms in total. The minimum absolute atomic E-state index is 0.232. The van der Waals surface area contributed by atoms with Gasteiger partial charge in [-0.25, -0.2) is 0 Å². The maximum Gasteiger partial charge on any atom is 0.220 e. The minimum Gasteiger partial charge on any atom is -0.394 e. The van der Waals surface area contributed by atoms with E-state index in [-0.39, 0.29) is 18.9 Å². The molecule has 552 valence electrons. The number of nitrogens with one attached hydrogen (secondary N) is 1. The third-order valence-electron chi connectivity index (χ3n) is 17.8. The van der Waals surface area contributed by atoms with E-state index < -0.39 is 124 Å². The Bertz CT molecular complexity index is 2160. The highest BCUT2D eigenvalue weighted by atomic mass is 16.8. The number of hydrogen-bond donors (Lipinski definition) is 12. The van der Waals surface area contributed by atoms with Crippen LogP contribution in [0.3, 0.4) is 0 Å². The largest absolute Gasteiger partial charge is 0.394 e. The number of aliphatic hydroxyl groups is 11. The van der Waals surface area contributed by atoms with E-state index in [4.69, 9.17) is 28.4 Å². The summed E-state index contributed by atoms with van der Waals surface area (Å²) in [6.45, 7) is 1.61. The van der Waals surface area contributed by atoms with Crippen LogP contribution < -0.4 is 5.32 Å². The first-order chi connectivity index (χ1) is 46.8. The van der Waals surface area contributed by atoms with E-state index in [2.05, 4.69) is 116 Å². The molecule has 3 rings (SSSR count).